The van der Waals surface area contributed by atoms with Gasteiger partial charge < -0.3 is 4.74 Å². The van der Waals surface area contributed by atoms with E-state index in [1.54, 1.807) is 0 Å². The number of rotatable bonds is 0. The van der Waals surface area contributed by atoms with Crippen molar-refractivity contribution in [3.63, 3.8) is 0 Å². The second-order valence-electron chi connectivity index (χ2n) is 3.85. The second-order valence-corrected chi connectivity index (χ2v) is 3.85. The molecule has 1 saturated heterocycles. The van der Waals surface area contributed by atoms with Crippen LogP contribution in [0.1, 0.15) is 20.3 Å². The maximum atomic E-state index is 5.68. The Morgan fingerprint density at radius 2 is 2.36 bits per heavy atom. The van der Waals surface area contributed by atoms with Gasteiger partial charge in [-0.3, -0.25) is 0 Å². The highest BCUT2D eigenvalue weighted by Gasteiger charge is 2.38. The van der Waals surface area contributed by atoms with Crippen molar-refractivity contribution >= 4 is 0 Å². The Labute approximate surface area is 67.7 Å². The summed E-state index contributed by atoms with van der Waals surface area (Å²) in [5.41, 5.74) is 1.54. The third kappa shape index (κ3) is 1.04. The van der Waals surface area contributed by atoms with Crippen molar-refractivity contribution in [1.29, 1.82) is 0 Å². The molecule has 0 radical (unpaired) electrons. The van der Waals surface area contributed by atoms with E-state index in [-0.39, 0.29) is 5.60 Å². The molecule has 1 fully saturated rings. The molecule has 1 aliphatic carbocycles. The van der Waals surface area contributed by atoms with Crippen LogP contribution < -0.4 is 0 Å². The summed E-state index contributed by atoms with van der Waals surface area (Å²) in [5.74, 6) is 0.632. The molecule has 60 valence electrons. The van der Waals surface area contributed by atoms with Crippen molar-refractivity contribution in [2.75, 3.05) is 6.61 Å². The average Bonchev–Trinajstić information content (AvgIpc) is 2.29. The molecule has 0 amide bonds. The van der Waals surface area contributed by atoms with Gasteiger partial charge in [-0.15, -0.1) is 0 Å². The fourth-order valence-electron chi connectivity index (χ4n) is 1.92. The van der Waals surface area contributed by atoms with Gasteiger partial charge in [0.2, 0.25) is 0 Å². The molecule has 0 N–H and O–H groups in total. The molecular weight excluding hydrogens is 136 g/mol. The monoisotopic (exact) mass is 150 g/mol. The fourth-order valence-corrected chi connectivity index (χ4v) is 1.92. The number of fused-ring (bicyclic) bond motifs is 1. The predicted molar refractivity (Wildman–Crippen MR) is 45.4 cm³/mol. The molecule has 1 aliphatic heterocycles. The number of ether oxygens (including phenoxy) is 1. The van der Waals surface area contributed by atoms with Gasteiger partial charge in [-0.25, -0.2) is 0 Å². The summed E-state index contributed by atoms with van der Waals surface area (Å²) >= 11 is 0. The summed E-state index contributed by atoms with van der Waals surface area (Å²) < 4.78 is 5.68. The first-order chi connectivity index (χ1) is 5.20. The summed E-state index contributed by atoms with van der Waals surface area (Å²) in [7, 11) is 0. The summed E-state index contributed by atoms with van der Waals surface area (Å²) in [5, 5.41) is 0. The van der Waals surface area contributed by atoms with E-state index in [1.165, 1.54) is 5.57 Å². The minimum Gasteiger partial charge on any atom is -0.371 e. The Morgan fingerprint density at radius 1 is 1.55 bits per heavy atom. The van der Waals surface area contributed by atoms with E-state index in [9.17, 15) is 0 Å². The topological polar surface area (TPSA) is 9.23 Å². The SMILES string of the molecule is CC1(C)OCC2=CC=CC[C@H]21. The highest BCUT2D eigenvalue weighted by atomic mass is 16.5. The zero-order chi connectivity index (χ0) is 7.90. The van der Waals surface area contributed by atoms with Gasteiger partial charge in [0.1, 0.15) is 0 Å². The second kappa shape index (κ2) is 2.21. The number of hydrogen-bond acceptors (Lipinski definition) is 1. The predicted octanol–water partition coefficient (Wildman–Crippen LogP) is 2.30. The third-order valence-electron chi connectivity index (χ3n) is 2.72. The van der Waals surface area contributed by atoms with Gasteiger partial charge in [-0.05, 0) is 25.8 Å². The van der Waals surface area contributed by atoms with Gasteiger partial charge in [-0.2, -0.15) is 0 Å². The largest absolute Gasteiger partial charge is 0.371 e. The van der Waals surface area contributed by atoms with Crippen LogP contribution in [0.5, 0.6) is 0 Å². The Morgan fingerprint density at radius 3 is 3.09 bits per heavy atom. The number of allylic oxidation sites excluding steroid dienone is 3. The Balaban J connectivity index is 2.29. The first-order valence-electron chi connectivity index (χ1n) is 4.20. The molecule has 1 atom stereocenters. The van der Waals surface area contributed by atoms with E-state index >= 15 is 0 Å². The summed E-state index contributed by atoms with van der Waals surface area (Å²) in [6, 6.07) is 0. The van der Waals surface area contributed by atoms with E-state index in [4.69, 9.17) is 4.74 Å². The number of hydrogen-bond donors (Lipinski definition) is 0. The lowest BCUT2D eigenvalue weighted by Gasteiger charge is -2.26. The fraction of sp³-hybridized carbons (Fsp3) is 0.600. The molecule has 0 aromatic carbocycles. The van der Waals surface area contributed by atoms with Crippen LogP contribution in [0.15, 0.2) is 23.8 Å². The molecule has 0 saturated carbocycles. The van der Waals surface area contributed by atoms with Crippen molar-refractivity contribution < 1.29 is 4.74 Å². The molecule has 2 aliphatic rings. The van der Waals surface area contributed by atoms with Gasteiger partial charge in [0, 0.05) is 5.92 Å². The van der Waals surface area contributed by atoms with Crippen LogP contribution in [0.25, 0.3) is 0 Å². The summed E-state index contributed by atoms with van der Waals surface area (Å²) in [6.45, 7) is 5.19. The maximum Gasteiger partial charge on any atom is 0.0699 e. The highest BCUT2D eigenvalue weighted by molar-refractivity contribution is 5.26. The van der Waals surface area contributed by atoms with E-state index in [0.717, 1.165) is 13.0 Å². The molecule has 0 aromatic rings. The molecule has 11 heavy (non-hydrogen) atoms. The molecule has 0 unspecified atom stereocenters. The van der Waals surface area contributed by atoms with Crippen LogP contribution in [0, 0.1) is 5.92 Å². The van der Waals surface area contributed by atoms with Gasteiger partial charge in [0.15, 0.2) is 0 Å². The Hall–Kier alpha value is -0.560. The minimum atomic E-state index is 0.0661. The van der Waals surface area contributed by atoms with Crippen molar-refractivity contribution in [3.05, 3.63) is 23.8 Å². The third-order valence-corrected chi connectivity index (χ3v) is 2.72. The first-order valence-corrected chi connectivity index (χ1v) is 4.20. The smallest absolute Gasteiger partial charge is 0.0699 e. The minimum absolute atomic E-state index is 0.0661. The quantitative estimate of drug-likeness (QED) is 0.515. The summed E-state index contributed by atoms with van der Waals surface area (Å²) in [4.78, 5) is 0. The lowest BCUT2D eigenvalue weighted by Crippen LogP contribution is -2.27. The van der Waals surface area contributed by atoms with E-state index in [0.29, 0.717) is 5.92 Å². The summed E-state index contributed by atoms with van der Waals surface area (Å²) in [6.07, 6.45) is 7.71. The molecule has 0 aromatic heterocycles. The standard InChI is InChI=1S/C10H14O/c1-10(2)9-6-4-3-5-8(9)7-11-10/h3-5,9H,6-7H2,1-2H3/t9-/m1/s1. The zero-order valence-electron chi connectivity index (χ0n) is 7.13. The lowest BCUT2D eigenvalue weighted by atomic mass is 9.82. The van der Waals surface area contributed by atoms with Gasteiger partial charge >= 0.3 is 0 Å². The van der Waals surface area contributed by atoms with Crippen molar-refractivity contribution in [2.45, 2.75) is 25.9 Å². The normalized spacial score (nSPS) is 33.3. The highest BCUT2D eigenvalue weighted by Crippen LogP contribution is 2.39. The van der Waals surface area contributed by atoms with Gasteiger partial charge in [0.05, 0.1) is 12.2 Å². The van der Waals surface area contributed by atoms with Crippen molar-refractivity contribution in [1.82, 2.24) is 0 Å². The van der Waals surface area contributed by atoms with E-state index in [1.807, 2.05) is 0 Å². The first kappa shape index (κ1) is 7.11. The van der Waals surface area contributed by atoms with Crippen molar-refractivity contribution in [2.24, 2.45) is 5.92 Å². The average molecular weight is 150 g/mol. The molecule has 2 rings (SSSR count). The van der Waals surface area contributed by atoms with Crippen LogP contribution in [-0.4, -0.2) is 12.2 Å². The van der Waals surface area contributed by atoms with Gasteiger partial charge in [-0.1, -0.05) is 18.2 Å². The van der Waals surface area contributed by atoms with E-state index in [2.05, 4.69) is 32.1 Å². The van der Waals surface area contributed by atoms with Crippen LogP contribution in [0.3, 0.4) is 0 Å². The zero-order valence-corrected chi connectivity index (χ0v) is 7.13. The van der Waals surface area contributed by atoms with Crippen LogP contribution in [0.2, 0.25) is 0 Å². The molecule has 0 spiro atoms. The van der Waals surface area contributed by atoms with Crippen LogP contribution >= 0.6 is 0 Å². The molecular formula is C10H14O. The van der Waals surface area contributed by atoms with E-state index < -0.39 is 0 Å². The lowest BCUT2D eigenvalue weighted by molar-refractivity contribution is 0.0118. The Bertz CT molecular complexity index is 223. The molecule has 1 heteroatoms. The molecule has 0 bridgehead atoms. The molecule has 1 nitrogen and oxygen atoms in total. The van der Waals surface area contributed by atoms with Crippen LogP contribution in [0.4, 0.5) is 0 Å². The van der Waals surface area contributed by atoms with Crippen molar-refractivity contribution in [3.8, 4) is 0 Å². The maximum absolute atomic E-state index is 5.68. The molecule has 1 heterocycles. The van der Waals surface area contributed by atoms with Crippen LogP contribution in [-0.2, 0) is 4.74 Å². The van der Waals surface area contributed by atoms with Gasteiger partial charge in [0.25, 0.3) is 0 Å². The Kier molecular flexibility index (Phi) is 1.43.